The van der Waals surface area contributed by atoms with Crippen LogP contribution in [0.2, 0.25) is 0 Å². The number of hydrogen-bond donors (Lipinski definition) is 0. The number of aromatic nitrogens is 4. The van der Waals surface area contributed by atoms with E-state index in [0.717, 1.165) is 5.56 Å². The van der Waals surface area contributed by atoms with Gasteiger partial charge in [-0.15, -0.1) is 34.9 Å². The second kappa shape index (κ2) is 7.27. The van der Waals surface area contributed by atoms with Gasteiger partial charge in [0.2, 0.25) is 0 Å². The smallest absolute Gasteiger partial charge is 0.304 e. The third kappa shape index (κ3) is 3.50. The first kappa shape index (κ1) is 21.6. The van der Waals surface area contributed by atoms with Gasteiger partial charge in [-0.1, -0.05) is 26.0 Å². The Labute approximate surface area is 182 Å². The average Bonchev–Trinajstić information content (AvgIpc) is 2.78. The van der Waals surface area contributed by atoms with E-state index >= 15 is 0 Å². The van der Waals surface area contributed by atoms with Crippen LogP contribution in [0.25, 0.3) is 22.6 Å². The molecule has 8 heteroatoms. The van der Waals surface area contributed by atoms with Crippen LogP contribution >= 0.6 is 0 Å². The van der Waals surface area contributed by atoms with Crippen molar-refractivity contribution in [3.63, 3.8) is 0 Å². The van der Waals surface area contributed by atoms with Crippen LogP contribution in [-0.4, -0.2) is 31.9 Å². The van der Waals surface area contributed by atoms with Gasteiger partial charge < -0.3 is 4.98 Å². The fraction of sp³-hybridized carbons (Fsp3) is 0.333. The van der Waals surface area contributed by atoms with Gasteiger partial charge in [-0.25, -0.2) is 0 Å². The Hall–Kier alpha value is -2.15. The molecule has 1 aromatic carbocycles. The number of fused-ring (bicyclic) bond motifs is 1. The van der Waals surface area contributed by atoms with E-state index in [4.69, 9.17) is 0 Å². The summed E-state index contributed by atoms with van der Waals surface area (Å²) in [5, 5.41) is 0. The minimum atomic E-state index is -1.16. The molecule has 1 aliphatic rings. The maximum Gasteiger partial charge on any atom is 0.314 e. The number of nitrogens with zero attached hydrogens (tertiary/aromatic N) is 5. The minimum absolute atomic E-state index is 0. The zero-order chi connectivity index (χ0) is 20.3. The molecule has 1 aliphatic heterocycles. The molecule has 0 atom stereocenters. The molecule has 0 bridgehead atoms. The van der Waals surface area contributed by atoms with E-state index in [1.165, 1.54) is 17.3 Å². The van der Waals surface area contributed by atoms with Crippen LogP contribution in [0.4, 0.5) is 8.78 Å². The summed E-state index contributed by atoms with van der Waals surface area (Å²) >= 11 is 0. The van der Waals surface area contributed by atoms with Crippen molar-refractivity contribution in [3.8, 4) is 22.6 Å². The summed E-state index contributed by atoms with van der Waals surface area (Å²) in [6.07, 6.45) is -0.828. The van der Waals surface area contributed by atoms with Crippen LogP contribution in [0, 0.1) is 18.2 Å². The molecule has 0 saturated heterocycles. The van der Waals surface area contributed by atoms with Crippen LogP contribution in [0.1, 0.15) is 38.8 Å². The topological polar surface area (TPSA) is 54.8 Å². The molecule has 153 valence electrons. The third-order valence-corrected chi connectivity index (χ3v) is 5.82. The summed E-state index contributed by atoms with van der Waals surface area (Å²) in [6, 6.07) is 10.9. The molecule has 0 fully saturated rings. The number of hydrogen-bond acceptors (Lipinski definition) is 5. The molecule has 0 saturated carbocycles. The molecule has 5 nitrogen and oxygen atoms in total. The number of halogens is 2. The molecule has 0 aliphatic carbocycles. The van der Waals surface area contributed by atoms with Crippen molar-refractivity contribution in [1.29, 1.82) is 0 Å². The molecular weight excluding hydrogens is 552 g/mol. The molecular formula is C21H20F2IrN5-. The Morgan fingerprint density at radius 3 is 2.14 bits per heavy atom. The first-order valence-electron chi connectivity index (χ1n) is 8.95. The summed E-state index contributed by atoms with van der Waals surface area (Å²) in [5.74, 6) is -0.0912. The van der Waals surface area contributed by atoms with Gasteiger partial charge in [0.1, 0.15) is 0 Å². The average molecular weight is 573 g/mol. The number of benzene rings is 1. The second-order valence-corrected chi connectivity index (χ2v) is 7.98. The van der Waals surface area contributed by atoms with Gasteiger partial charge in [0.15, 0.2) is 5.82 Å². The summed E-state index contributed by atoms with van der Waals surface area (Å²) in [7, 11) is 2.12. The molecule has 3 aromatic rings. The molecule has 0 unspecified atom stereocenters. The zero-order valence-electron chi connectivity index (χ0n) is 16.7. The van der Waals surface area contributed by atoms with Crippen molar-refractivity contribution >= 4 is 0 Å². The monoisotopic (exact) mass is 573 g/mol. The Balaban J connectivity index is 0.00000240. The normalized spacial score (nSPS) is 16.9. The zero-order valence-corrected chi connectivity index (χ0v) is 19.1. The quantitative estimate of drug-likeness (QED) is 0.433. The number of pyridine rings is 1. The minimum Gasteiger partial charge on any atom is -0.304 e. The van der Waals surface area contributed by atoms with Crippen molar-refractivity contribution in [2.75, 3.05) is 7.05 Å². The molecule has 29 heavy (non-hydrogen) atoms. The van der Waals surface area contributed by atoms with Crippen LogP contribution in [0.3, 0.4) is 0 Å². The third-order valence-electron chi connectivity index (χ3n) is 5.82. The van der Waals surface area contributed by atoms with Crippen LogP contribution in [0.15, 0.2) is 30.5 Å². The van der Waals surface area contributed by atoms with Crippen LogP contribution in [0.5, 0.6) is 0 Å². The van der Waals surface area contributed by atoms with E-state index in [9.17, 15) is 8.78 Å². The van der Waals surface area contributed by atoms with Gasteiger partial charge in [0, 0.05) is 42.9 Å². The van der Waals surface area contributed by atoms with E-state index in [0.29, 0.717) is 11.3 Å². The van der Waals surface area contributed by atoms with Crippen molar-refractivity contribution in [3.05, 3.63) is 59.8 Å². The van der Waals surface area contributed by atoms with Crippen molar-refractivity contribution in [1.82, 2.24) is 24.8 Å². The fourth-order valence-corrected chi connectivity index (χ4v) is 3.85. The molecule has 0 amide bonds. The Morgan fingerprint density at radius 1 is 0.931 bits per heavy atom. The molecule has 4 rings (SSSR count). The van der Waals surface area contributed by atoms with Crippen LogP contribution < -0.4 is 0 Å². The SMILES string of the molecule is CN1C(C)(C)c2c[c-]c(-c3ccc(-c4nc(F)nc(F)n4)cn3)cc2C1(C)C.[Ir]. The van der Waals surface area contributed by atoms with Crippen molar-refractivity contribution in [2.45, 2.75) is 38.8 Å². The Kier molecular flexibility index (Phi) is 5.41. The fourth-order valence-electron chi connectivity index (χ4n) is 3.85. The maximum absolute atomic E-state index is 13.2. The van der Waals surface area contributed by atoms with Gasteiger partial charge in [0.05, 0.1) is 0 Å². The molecule has 1 radical (unpaired) electrons. The molecule has 0 spiro atoms. The largest absolute Gasteiger partial charge is 0.314 e. The van der Waals surface area contributed by atoms with Gasteiger partial charge in [0.25, 0.3) is 0 Å². The Bertz CT molecular complexity index is 1050. The molecule has 0 N–H and O–H groups in total. The maximum atomic E-state index is 13.2. The summed E-state index contributed by atoms with van der Waals surface area (Å²) in [6.45, 7) is 8.80. The predicted octanol–water partition coefficient (Wildman–Crippen LogP) is 4.09. The summed E-state index contributed by atoms with van der Waals surface area (Å²) in [4.78, 5) is 16.7. The van der Waals surface area contributed by atoms with E-state index in [2.05, 4.69) is 71.7 Å². The molecule has 3 heterocycles. The van der Waals surface area contributed by atoms with Gasteiger partial charge in [-0.3, -0.25) is 4.90 Å². The van der Waals surface area contributed by atoms with E-state index < -0.39 is 12.2 Å². The predicted molar refractivity (Wildman–Crippen MR) is 101 cm³/mol. The first-order valence-corrected chi connectivity index (χ1v) is 8.95. The molecule has 2 aromatic heterocycles. The van der Waals surface area contributed by atoms with Gasteiger partial charge in [-0.05, 0) is 26.6 Å². The van der Waals surface area contributed by atoms with Gasteiger partial charge in [-0.2, -0.15) is 23.7 Å². The van der Waals surface area contributed by atoms with E-state index in [1.807, 2.05) is 6.07 Å². The number of rotatable bonds is 2. The Morgan fingerprint density at radius 2 is 1.55 bits per heavy atom. The standard InChI is InChI=1S/C21H20F2N5.Ir/c1-20(2)14-8-6-12(10-15(14)21(3,4)28(20)5)16-9-7-13(11-24-16)17-25-18(22)27-19(23)26-17;/h7-11H,1-5H3;/q-1;. The van der Waals surface area contributed by atoms with Crippen molar-refractivity contribution < 1.29 is 28.9 Å². The van der Waals surface area contributed by atoms with E-state index in [1.54, 1.807) is 12.1 Å². The summed E-state index contributed by atoms with van der Waals surface area (Å²) in [5.41, 5.74) is 4.26. The van der Waals surface area contributed by atoms with Gasteiger partial charge >= 0.3 is 12.2 Å². The summed E-state index contributed by atoms with van der Waals surface area (Å²) < 4.78 is 26.4. The second-order valence-electron chi connectivity index (χ2n) is 7.98. The first-order chi connectivity index (χ1) is 13.1. The van der Waals surface area contributed by atoms with E-state index in [-0.39, 0.29) is 37.0 Å². The van der Waals surface area contributed by atoms with Crippen molar-refractivity contribution in [2.24, 2.45) is 0 Å². The van der Waals surface area contributed by atoms with Crippen LogP contribution in [-0.2, 0) is 31.2 Å².